The fourth-order valence-corrected chi connectivity index (χ4v) is 1.18. The van der Waals surface area contributed by atoms with Crippen LogP contribution in [0.25, 0.3) is 0 Å². The van der Waals surface area contributed by atoms with Crippen LogP contribution in [0.1, 0.15) is 6.92 Å². The lowest BCUT2D eigenvalue weighted by molar-refractivity contribution is 0.320. The Bertz CT molecular complexity index is 302. The number of hydrogen-bond donors (Lipinski definition) is 2. The summed E-state index contributed by atoms with van der Waals surface area (Å²) in [7, 11) is 0. The molecule has 5 nitrogen and oxygen atoms in total. The van der Waals surface area contributed by atoms with E-state index < -0.39 is 0 Å². The average molecular weight is 180 g/mol. The predicted octanol–water partition coefficient (Wildman–Crippen LogP) is 0.713. The quantitative estimate of drug-likeness (QED) is 0.702. The molecule has 0 aromatic carbocycles. The van der Waals surface area contributed by atoms with E-state index in [1.165, 1.54) is 0 Å². The first kappa shape index (κ1) is 8.10. The Morgan fingerprint density at radius 1 is 1.69 bits per heavy atom. The van der Waals surface area contributed by atoms with Gasteiger partial charge in [0.2, 0.25) is 5.95 Å². The van der Waals surface area contributed by atoms with Gasteiger partial charge < -0.3 is 15.4 Å². The third-order valence-corrected chi connectivity index (χ3v) is 1.74. The van der Waals surface area contributed by atoms with Crippen molar-refractivity contribution in [2.45, 2.75) is 6.92 Å². The van der Waals surface area contributed by atoms with Crippen LogP contribution in [0.3, 0.4) is 0 Å². The van der Waals surface area contributed by atoms with Gasteiger partial charge in [-0.25, -0.2) is 4.98 Å². The number of rotatable bonds is 2. The first-order chi connectivity index (χ1) is 6.40. The fourth-order valence-electron chi connectivity index (χ4n) is 1.18. The van der Waals surface area contributed by atoms with Gasteiger partial charge in [0.15, 0.2) is 11.6 Å². The maximum atomic E-state index is 5.34. The highest BCUT2D eigenvalue weighted by Crippen LogP contribution is 2.24. The van der Waals surface area contributed by atoms with Crippen LogP contribution in [0.4, 0.5) is 11.8 Å². The van der Waals surface area contributed by atoms with E-state index in [0.29, 0.717) is 12.6 Å². The maximum absolute atomic E-state index is 5.34. The van der Waals surface area contributed by atoms with Gasteiger partial charge in [-0.15, -0.1) is 0 Å². The molecule has 0 saturated carbocycles. The van der Waals surface area contributed by atoms with Gasteiger partial charge in [0.1, 0.15) is 6.61 Å². The lowest BCUT2D eigenvalue weighted by Crippen LogP contribution is -2.20. The number of anilines is 2. The van der Waals surface area contributed by atoms with Crippen molar-refractivity contribution >= 4 is 11.8 Å². The topological polar surface area (TPSA) is 59.1 Å². The zero-order valence-corrected chi connectivity index (χ0v) is 7.50. The van der Waals surface area contributed by atoms with Crippen LogP contribution in [-0.2, 0) is 0 Å². The van der Waals surface area contributed by atoms with Crippen LogP contribution in [0.2, 0.25) is 0 Å². The number of fused-ring (bicyclic) bond motifs is 1. The standard InChI is InChI=1S/C8H12N4O/c1-2-9-8-11-5-6-7(12-8)10-3-4-13-6/h5H,2-4H2,1H3,(H2,9,10,11,12). The number of hydrogen-bond acceptors (Lipinski definition) is 5. The van der Waals surface area contributed by atoms with Crippen molar-refractivity contribution in [3.8, 4) is 5.75 Å². The Hall–Kier alpha value is -1.52. The number of ether oxygens (including phenoxy) is 1. The van der Waals surface area contributed by atoms with Crippen LogP contribution in [0, 0.1) is 0 Å². The van der Waals surface area contributed by atoms with E-state index in [1.807, 2.05) is 6.92 Å². The molecule has 5 heteroatoms. The SMILES string of the molecule is CCNc1ncc2c(n1)NCCO2. The van der Waals surface area contributed by atoms with Gasteiger partial charge in [-0.1, -0.05) is 0 Å². The van der Waals surface area contributed by atoms with Crippen molar-refractivity contribution in [2.24, 2.45) is 0 Å². The lowest BCUT2D eigenvalue weighted by Gasteiger charge is -2.17. The first-order valence-electron chi connectivity index (χ1n) is 4.37. The Kier molecular flexibility index (Phi) is 2.16. The molecular weight excluding hydrogens is 168 g/mol. The van der Waals surface area contributed by atoms with E-state index in [9.17, 15) is 0 Å². The minimum Gasteiger partial charge on any atom is -0.486 e. The monoisotopic (exact) mass is 180 g/mol. The van der Waals surface area contributed by atoms with Crippen LogP contribution >= 0.6 is 0 Å². The minimum atomic E-state index is 0.638. The molecule has 2 N–H and O–H groups in total. The van der Waals surface area contributed by atoms with Crippen molar-refractivity contribution in [1.29, 1.82) is 0 Å². The summed E-state index contributed by atoms with van der Waals surface area (Å²) in [5.74, 6) is 2.14. The molecule has 0 aliphatic carbocycles. The van der Waals surface area contributed by atoms with Gasteiger partial charge >= 0.3 is 0 Å². The summed E-state index contributed by atoms with van der Waals surface area (Å²) in [6.45, 7) is 4.30. The molecule has 0 bridgehead atoms. The summed E-state index contributed by atoms with van der Waals surface area (Å²) >= 11 is 0. The summed E-state index contributed by atoms with van der Waals surface area (Å²) in [6, 6.07) is 0. The van der Waals surface area contributed by atoms with E-state index >= 15 is 0 Å². The number of nitrogens with zero attached hydrogens (tertiary/aromatic N) is 2. The molecule has 1 aliphatic rings. The molecule has 1 aromatic heterocycles. The Morgan fingerprint density at radius 2 is 2.62 bits per heavy atom. The molecule has 0 fully saturated rings. The van der Waals surface area contributed by atoms with E-state index in [0.717, 1.165) is 24.7 Å². The Labute approximate surface area is 76.5 Å². The molecule has 0 spiro atoms. The fraction of sp³-hybridized carbons (Fsp3) is 0.500. The summed E-state index contributed by atoms with van der Waals surface area (Å²) in [5, 5.41) is 6.19. The molecule has 2 rings (SSSR count). The average Bonchev–Trinajstić information content (AvgIpc) is 2.18. The normalized spacial score (nSPS) is 13.9. The van der Waals surface area contributed by atoms with Gasteiger partial charge in [-0.3, -0.25) is 0 Å². The molecule has 13 heavy (non-hydrogen) atoms. The maximum Gasteiger partial charge on any atom is 0.224 e. The molecule has 0 amide bonds. The summed E-state index contributed by atoms with van der Waals surface area (Å²) in [5.41, 5.74) is 0. The molecule has 70 valence electrons. The van der Waals surface area contributed by atoms with E-state index in [1.54, 1.807) is 6.20 Å². The van der Waals surface area contributed by atoms with Crippen LogP contribution < -0.4 is 15.4 Å². The minimum absolute atomic E-state index is 0.638. The van der Waals surface area contributed by atoms with Gasteiger partial charge in [0, 0.05) is 6.54 Å². The molecular formula is C8H12N4O. The Morgan fingerprint density at radius 3 is 3.46 bits per heavy atom. The van der Waals surface area contributed by atoms with Crippen molar-refractivity contribution in [3.63, 3.8) is 0 Å². The van der Waals surface area contributed by atoms with Crippen LogP contribution in [0.5, 0.6) is 5.75 Å². The smallest absolute Gasteiger partial charge is 0.224 e. The largest absolute Gasteiger partial charge is 0.486 e. The molecule has 1 aromatic rings. The van der Waals surface area contributed by atoms with Crippen molar-refractivity contribution in [2.75, 3.05) is 30.3 Å². The predicted molar refractivity (Wildman–Crippen MR) is 50.2 cm³/mol. The van der Waals surface area contributed by atoms with E-state index in [2.05, 4.69) is 20.6 Å². The summed E-state index contributed by atoms with van der Waals surface area (Å²) < 4.78 is 5.34. The Balaban J connectivity index is 2.24. The molecule has 0 atom stereocenters. The zero-order valence-electron chi connectivity index (χ0n) is 7.50. The van der Waals surface area contributed by atoms with Crippen LogP contribution in [0.15, 0.2) is 6.20 Å². The van der Waals surface area contributed by atoms with E-state index in [-0.39, 0.29) is 0 Å². The van der Waals surface area contributed by atoms with Crippen molar-refractivity contribution in [1.82, 2.24) is 9.97 Å². The second-order valence-electron chi connectivity index (χ2n) is 2.71. The summed E-state index contributed by atoms with van der Waals surface area (Å²) in [4.78, 5) is 8.34. The highest BCUT2D eigenvalue weighted by molar-refractivity contribution is 5.53. The first-order valence-corrected chi connectivity index (χ1v) is 4.37. The number of nitrogens with one attached hydrogen (secondary N) is 2. The molecule has 0 radical (unpaired) electrons. The third-order valence-electron chi connectivity index (χ3n) is 1.74. The molecule has 1 aliphatic heterocycles. The number of aromatic nitrogens is 2. The van der Waals surface area contributed by atoms with Crippen molar-refractivity contribution < 1.29 is 4.74 Å². The molecule has 0 unspecified atom stereocenters. The zero-order chi connectivity index (χ0) is 9.10. The van der Waals surface area contributed by atoms with Gasteiger partial charge in [-0.2, -0.15) is 4.98 Å². The van der Waals surface area contributed by atoms with Gasteiger partial charge in [0.25, 0.3) is 0 Å². The molecule has 2 heterocycles. The lowest BCUT2D eigenvalue weighted by atomic mass is 10.4. The van der Waals surface area contributed by atoms with E-state index in [4.69, 9.17) is 4.74 Å². The van der Waals surface area contributed by atoms with Crippen molar-refractivity contribution in [3.05, 3.63) is 6.20 Å². The van der Waals surface area contributed by atoms with Crippen LogP contribution in [-0.4, -0.2) is 29.7 Å². The highest BCUT2D eigenvalue weighted by atomic mass is 16.5. The van der Waals surface area contributed by atoms with Gasteiger partial charge in [0.05, 0.1) is 12.7 Å². The second-order valence-corrected chi connectivity index (χ2v) is 2.71. The highest BCUT2D eigenvalue weighted by Gasteiger charge is 2.11. The summed E-state index contributed by atoms with van der Waals surface area (Å²) in [6.07, 6.45) is 1.69. The third kappa shape index (κ3) is 1.63. The molecule has 0 saturated heterocycles. The second kappa shape index (κ2) is 3.47. The van der Waals surface area contributed by atoms with Gasteiger partial charge in [-0.05, 0) is 6.92 Å².